The highest BCUT2D eigenvalue weighted by Crippen LogP contribution is 2.35. The number of benzene rings is 1. The molecule has 2 atom stereocenters. The molecule has 18 heavy (non-hydrogen) atoms. The second-order valence-electron chi connectivity index (χ2n) is 5.08. The number of nitrogens with zero attached hydrogens (tertiary/aromatic N) is 1. The van der Waals surface area contributed by atoms with Crippen molar-refractivity contribution in [2.45, 2.75) is 26.0 Å². The number of carbonyl (C=O) groups is 1. The highest BCUT2D eigenvalue weighted by Gasteiger charge is 2.48. The normalized spacial score (nSPS) is 26.1. The van der Waals surface area contributed by atoms with Gasteiger partial charge in [0.1, 0.15) is 5.41 Å². The molecule has 0 amide bonds. The summed E-state index contributed by atoms with van der Waals surface area (Å²) < 4.78 is 0. The van der Waals surface area contributed by atoms with E-state index in [1.54, 1.807) is 6.92 Å². The molecule has 4 nitrogen and oxygen atoms in total. The van der Waals surface area contributed by atoms with Gasteiger partial charge in [0.25, 0.3) is 0 Å². The molecule has 4 heteroatoms. The lowest BCUT2D eigenvalue weighted by Gasteiger charge is -2.27. The third-order valence-electron chi connectivity index (χ3n) is 3.85. The van der Waals surface area contributed by atoms with Gasteiger partial charge < -0.3 is 10.2 Å². The lowest BCUT2D eigenvalue weighted by atomic mass is 9.82. The Balaban J connectivity index is 2.06. The summed E-state index contributed by atoms with van der Waals surface area (Å²) in [5.41, 5.74) is 0.165. The van der Waals surface area contributed by atoms with E-state index in [4.69, 9.17) is 0 Å². The molecule has 2 N–H and O–H groups in total. The first kappa shape index (κ1) is 13.1. The van der Waals surface area contributed by atoms with Gasteiger partial charge in [0.15, 0.2) is 0 Å². The fourth-order valence-corrected chi connectivity index (χ4v) is 2.59. The lowest BCUT2D eigenvalue weighted by molar-refractivity contribution is -0.154. The largest absolute Gasteiger partial charge is 0.481 e. The molecule has 2 unspecified atom stereocenters. The molecule has 2 rings (SSSR count). The zero-order valence-corrected chi connectivity index (χ0v) is 10.5. The van der Waals surface area contributed by atoms with Crippen LogP contribution in [0.5, 0.6) is 0 Å². The van der Waals surface area contributed by atoms with Crippen LogP contribution >= 0.6 is 0 Å². The van der Waals surface area contributed by atoms with E-state index < -0.39 is 17.5 Å². The van der Waals surface area contributed by atoms with E-state index in [-0.39, 0.29) is 0 Å². The Kier molecular flexibility index (Phi) is 3.68. The van der Waals surface area contributed by atoms with Crippen molar-refractivity contribution in [2.24, 2.45) is 5.41 Å². The van der Waals surface area contributed by atoms with Gasteiger partial charge >= 0.3 is 5.97 Å². The first-order chi connectivity index (χ1) is 8.54. The van der Waals surface area contributed by atoms with Gasteiger partial charge in [-0.25, -0.2) is 0 Å². The maximum atomic E-state index is 11.4. The zero-order valence-electron chi connectivity index (χ0n) is 10.5. The van der Waals surface area contributed by atoms with Gasteiger partial charge in [0.2, 0.25) is 0 Å². The van der Waals surface area contributed by atoms with E-state index in [1.807, 2.05) is 30.3 Å². The van der Waals surface area contributed by atoms with Crippen LogP contribution in [0.2, 0.25) is 0 Å². The number of carboxylic acid groups (broad SMARTS) is 1. The first-order valence-corrected chi connectivity index (χ1v) is 6.22. The number of likely N-dealkylation sites (tertiary alicyclic amines) is 1. The molecule has 1 aliphatic heterocycles. The standard InChI is InChI=1S/C14H19NO3/c1-11(16)14(13(17)18)7-8-15(10-14)9-12-5-3-2-4-6-12/h2-6,11,16H,7-10H2,1H3,(H,17,18). The van der Waals surface area contributed by atoms with Crippen LogP contribution in [0.3, 0.4) is 0 Å². The Bertz CT molecular complexity index is 418. The van der Waals surface area contributed by atoms with Crippen LogP contribution in [0.25, 0.3) is 0 Å². The SMILES string of the molecule is CC(O)C1(C(=O)O)CCN(Cc2ccccc2)C1. The molecule has 1 aromatic carbocycles. The smallest absolute Gasteiger partial charge is 0.313 e. The third kappa shape index (κ3) is 2.40. The summed E-state index contributed by atoms with van der Waals surface area (Å²) in [6.45, 7) is 3.43. The molecule has 98 valence electrons. The van der Waals surface area contributed by atoms with Crippen LogP contribution in [0, 0.1) is 5.41 Å². The van der Waals surface area contributed by atoms with E-state index in [0.717, 1.165) is 6.54 Å². The van der Waals surface area contributed by atoms with Gasteiger partial charge in [0.05, 0.1) is 6.10 Å². The molecule has 1 aromatic rings. The predicted molar refractivity (Wildman–Crippen MR) is 68.1 cm³/mol. The number of aliphatic hydroxyl groups is 1. The van der Waals surface area contributed by atoms with Crippen LogP contribution in [-0.4, -0.2) is 40.3 Å². The van der Waals surface area contributed by atoms with Gasteiger partial charge in [0, 0.05) is 13.1 Å². The summed E-state index contributed by atoms with van der Waals surface area (Å²) in [5, 5.41) is 19.1. The molecular formula is C14H19NO3. The van der Waals surface area contributed by atoms with E-state index in [0.29, 0.717) is 19.5 Å². The maximum Gasteiger partial charge on any atom is 0.313 e. The van der Waals surface area contributed by atoms with Crippen molar-refractivity contribution < 1.29 is 15.0 Å². The molecule has 0 saturated carbocycles. The van der Waals surface area contributed by atoms with Crippen molar-refractivity contribution in [3.8, 4) is 0 Å². The summed E-state index contributed by atoms with van der Waals surface area (Å²) >= 11 is 0. The van der Waals surface area contributed by atoms with Crippen LogP contribution in [0.15, 0.2) is 30.3 Å². The summed E-state index contributed by atoms with van der Waals surface area (Å²) in [7, 11) is 0. The van der Waals surface area contributed by atoms with Gasteiger partial charge in [-0.05, 0) is 25.5 Å². The fourth-order valence-electron chi connectivity index (χ4n) is 2.59. The Hall–Kier alpha value is -1.39. The first-order valence-electron chi connectivity index (χ1n) is 6.22. The third-order valence-corrected chi connectivity index (χ3v) is 3.85. The topological polar surface area (TPSA) is 60.8 Å². The zero-order chi connectivity index (χ0) is 13.2. The molecule has 1 aliphatic rings. The number of hydrogen-bond acceptors (Lipinski definition) is 3. The number of carboxylic acids is 1. The molecule has 0 aliphatic carbocycles. The minimum absolute atomic E-state index is 0.412. The van der Waals surface area contributed by atoms with Gasteiger partial charge in [-0.2, -0.15) is 0 Å². The molecule has 0 spiro atoms. The minimum atomic E-state index is -1.01. The second-order valence-corrected chi connectivity index (χ2v) is 5.08. The highest BCUT2D eigenvalue weighted by molar-refractivity contribution is 5.76. The summed E-state index contributed by atoms with van der Waals surface area (Å²) in [5.74, 6) is -0.895. The molecule has 0 aromatic heterocycles. The number of rotatable bonds is 4. The quantitative estimate of drug-likeness (QED) is 0.845. The Morgan fingerprint density at radius 1 is 1.44 bits per heavy atom. The van der Waals surface area contributed by atoms with Crippen molar-refractivity contribution in [2.75, 3.05) is 13.1 Å². The average Bonchev–Trinajstić information content (AvgIpc) is 2.76. The minimum Gasteiger partial charge on any atom is -0.481 e. The maximum absolute atomic E-state index is 11.4. The predicted octanol–water partition coefficient (Wildman–Crippen LogP) is 1.34. The molecule has 0 bridgehead atoms. The van der Waals surface area contributed by atoms with Gasteiger partial charge in [-0.15, -0.1) is 0 Å². The van der Waals surface area contributed by atoms with E-state index in [9.17, 15) is 15.0 Å². The lowest BCUT2D eigenvalue weighted by Crippen LogP contribution is -2.43. The molecule has 1 heterocycles. The van der Waals surface area contributed by atoms with E-state index in [1.165, 1.54) is 5.56 Å². The number of aliphatic hydroxyl groups excluding tert-OH is 1. The fraction of sp³-hybridized carbons (Fsp3) is 0.500. The Morgan fingerprint density at radius 2 is 2.11 bits per heavy atom. The van der Waals surface area contributed by atoms with Gasteiger partial charge in [-0.1, -0.05) is 30.3 Å². The second kappa shape index (κ2) is 5.08. The van der Waals surface area contributed by atoms with Crippen LogP contribution < -0.4 is 0 Å². The summed E-state index contributed by atoms with van der Waals surface area (Å²) in [4.78, 5) is 13.5. The molecular weight excluding hydrogens is 230 g/mol. The van der Waals surface area contributed by atoms with E-state index >= 15 is 0 Å². The monoisotopic (exact) mass is 249 g/mol. The Morgan fingerprint density at radius 3 is 2.61 bits per heavy atom. The molecule has 1 saturated heterocycles. The summed E-state index contributed by atoms with van der Waals surface area (Å²) in [6, 6.07) is 9.98. The van der Waals surface area contributed by atoms with E-state index in [2.05, 4.69) is 4.90 Å². The van der Waals surface area contributed by atoms with Crippen molar-refractivity contribution >= 4 is 5.97 Å². The average molecular weight is 249 g/mol. The van der Waals surface area contributed by atoms with Crippen LogP contribution in [0.4, 0.5) is 0 Å². The molecule has 1 fully saturated rings. The van der Waals surface area contributed by atoms with Crippen molar-refractivity contribution in [1.29, 1.82) is 0 Å². The Labute approximate surface area is 107 Å². The van der Waals surface area contributed by atoms with Crippen molar-refractivity contribution in [1.82, 2.24) is 4.90 Å². The van der Waals surface area contributed by atoms with Crippen LogP contribution in [-0.2, 0) is 11.3 Å². The highest BCUT2D eigenvalue weighted by atomic mass is 16.4. The van der Waals surface area contributed by atoms with Crippen molar-refractivity contribution in [3.05, 3.63) is 35.9 Å². The molecule has 0 radical (unpaired) electrons. The van der Waals surface area contributed by atoms with Crippen molar-refractivity contribution in [3.63, 3.8) is 0 Å². The van der Waals surface area contributed by atoms with Gasteiger partial charge in [-0.3, -0.25) is 9.69 Å². The number of aliphatic carboxylic acids is 1. The van der Waals surface area contributed by atoms with Crippen LogP contribution in [0.1, 0.15) is 18.9 Å². The number of hydrogen-bond donors (Lipinski definition) is 2. The summed E-state index contributed by atoms with van der Waals surface area (Å²) in [6.07, 6.45) is -0.317.